The Balaban J connectivity index is 2.11. The number of halogens is 5. The Morgan fingerprint density at radius 3 is 2.42 bits per heavy atom. The molecule has 0 N–H and O–H groups in total. The Morgan fingerprint density at radius 1 is 1.11 bits per heavy atom. The molecule has 0 unspecified atom stereocenters. The number of esters is 1. The third kappa shape index (κ3) is 5.43. The fourth-order valence-corrected chi connectivity index (χ4v) is 3.09. The largest absolute Gasteiger partial charge is 0.481 e. The van der Waals surface area contributed by atoms with Gasteiger partial charge in [0.1, 0.15) is 17.3 Å². The minimum absolute atomic E-state index is 0.0768. The lowest BCUT2D eigenvalue weighted by atomic mass is 10.2. The number of carbonyl (C=O) groups is 1. The number of methoxy groups -OCH3 is 2. The van der Waals surface area contributed by atoms with Crippen LogP contribution in [0.4, 0.5) is 17.6 Å². The first-order valence-electron chi connectivity index (χ1n) is 9.69. The molecular formula is C21H16ClF4N3O7. The molecule has 2 aromatic heterocycles. The number of rotatable bonds is 7. The Labute approximate surface area is 204 Å². The van der Waals surface area contributed by atoms with Crippen molar-refractivity contribution in [1.29, 1.82) is 0 Å². The van der Waals surface area contributed by atoms with E-state index in [0.29, 0.717) is 6.07 Å². The van der Waals surface area contributed by atoms with E-state index in [9.17, 15) is 31.9 Å². The third-order valence-electron chi connectivity index (χ3n) is 4.64. The van der Waals surface area contributed by atoms with Crippen LogP contribution in [0.2, 0.25) is 5.02 Å². The standard InChI is InChI=1S/C21H16ClF4N3O7/c1-28-15(21(24,25)26)8-17(30)29(20(28)32)12-7-14(10(22)6-11(12)23)36-13-4-5-16(33-2)27-19(13)35-9-18(31)34-3/h4-8H,9H2,1-3H3. The van der Waals surface area contributed by atoms with Crippen molar-refractivity contribution in [2.45, 2.75) is 6.18 Å². The molecule has 0 aliphatic heterocycles. The second-order valence-corrected chi connectivity index (χ2v) is 7.31. The number of benzene rings is 1. The zero-order valence-corrected chi connectivity index (χ0v) is 19.4. The molecule has 0 amide bonds. The topological polar surface area (TPSA) is 111 Å². The first-order valence-corrected chi connectivity index (χ1v) is 10.1. The van der Waals surface area contributed by atoms with Gasteiger partial charge < -0.3 is 18.9 Å². The molecule has 0 atom stereocenters. The molecule has 2 heterocycles. The van der Waals surface area contributed by atoms with Crippen LogP contribution in [0.25, 0.3) is 5.69 Å². The summed E-state index contributed by atoms with van der Waals surface area (Å²) in [6.45, 7) is -0.563. The van der Waals surface area contributed by atoms with Crippen molar-refractivity contribution in [3.05, 3.63) is 67.7 Å². The zero-order valence-electron chi connectivity index (χ0n) is 18.7. The molecule has 0 aliphatic carbocycles. The Hall–Kier alpha value is -4.07. The van der Waals surface area contributed by atoms with Crippen molar-refractivity contribution in [3.63, 3.8) is 0 Å². The van der Waals surface area contributed by atoms with Crippen molar-refractivity contribution < 1.29 is 41.3 Å². The van der Waals surface area contributed by atoms with Crippen LogP contribution in [-0.2, 0) is 22.8 Å². The van der Waals surface area contributed by atoms with Crippen LogP contribution in [0.5, 0.6) is 23.3 Å². The van der Waals surface area contributed by atoms with Gasteiger partial charge in [-0.1, -0.05) is 11.6 Å². The molecule has 0 spiro atoms. The van der Waals surface area contributed by atoms with E-state index < -0.39 is 47.2 Å². The maximum atomic E-state index is 14.7. The zero-order chi connectivity index (χ0) is 26.8. The maximum absolute atomic E-state index is 14.7. The van der Waals surface area contributed by atoms with Crippen LogP contribution >= 0.6 is 11.6 Å². The summed E-state index contributed by atoms with van der Waals surface area (Å²) in [5, 5.41) is -0.331. The summed E-state index contributed by atoms with van der Waals surface area (Å²) in [4.78, 5) is 40.4. The monoisotopic (exact) mass is 533 g/mol. The number of hydrogen-bond donors (Lipinski definition) is 0. The summed E-state index contributed by atoms with van der Waals surface area (Å²) in [7, 11) is 3.23. The molecule has 0 saturated carbocycles. The van der Waals surface area contributed by atoms with E-state index in [1.165, 1.54) is 19.2 Å². The molecule has 0 radical (unpaired) electrons. The fraction of sp³-hybridized carbons (Fsp3) is 0.238. The van der Waals surface area contributed by atoms with Crippen LogP contribution in [0, 0.1) is 5.82 Å². The summed E-state index contributed by atoms with van der Waals surface area (Å²) in [5.74, 6) is -2.59. The highest BCUT2D eigenvalue weighted by atomic mass is 35.5. The SMILES string of the molecule is COC(=O)COc1nc(OC)ccc1Oc1cc(-n2c(=O)cc(C(F)(F)F)n(C)c2=O)c(F)cc1Cl. The molecule has 0 fully saturated rings. The molecule has 15 heteroatoms. The summed E-state index contributed by atoms with van der Waals surface area (Å²) < 4.78 is 74.8. The Morgan fingerprint density at radius 2 is 1.81 bits per heavy atom. The Bertz CT molecular complexity index is 1440. The second kappa shape index (κ2) is 10.3. The number of alkyl halides is 3. The summed E-state index contributed by atoms with van der Waals surface area (Å²) in [6, 6.07) is 4.35. The first-order chi connectivity index (χ1) is 16.9. The Kier molecular flexibility index (Phi) is 7.57. The second-order valence-electron chi connectivity index (χ2n) is 6.90. The number of nitrogens with zero attached hydrogens (tertiary/aromatic N) is 3. The van der Waals surface area contributed by atoms with Gasteiger partial charge in [0.15, 0.2) is 12.4 Å². The van der Waals surface area contributed by atoms with E-state index in [1.807, 2.05) is 0 Å². The molecule has 10 nitrogen and oxygen atoms in total. The van der Waals surface area contributed by atoms with E-state index in [0.717, 1.165) is 20.2 Å². The molecular weight excluding hydrogens is 518 g/mol. The number of ether oxygens (including phenoxy) is 4. The molecule has 0 bridgehead atoms. The van der Waals surface area contributed by atoms with Gasteiger partial charge >= 0.3 is 17.8 Å². The number of carbonyl (C=O) groups excluding carboxylic acids is 1. The van der Waals surface area contributed by atoms with Gasteiger partial charge in [-0.15, -0.1) is 0 Å². The minimum Gasteiger partial charge on any atom is -0.481 e. The lowest BCUT2D eigenvalue weighted by Crippen LogP contribution is -2.41. The van der Waals surface area contributed by atoms with Gasteiger partial charge in [-0.25, -0.2) is 18.5 Å². The van der Waals surface area contributed by atoms with E-state index in [-0.39, 0.29) is 43.5 Å². The van der Waals surface area contributed by atoms with Gasteiger partial charge in [-0.3, -0.25) is 9.36 Å². The molecule has 1 aromatic carbocycles. The minimum atomic E-state index is -5.00. The first kappa shape index (κ1) is 26.5. The van der Waals surface area contributed by atoms with Crippen LogP contribution in [0.1, 0.15) is 5.69 Å². The van der Waals surface area contributed by atoms with Crippen LogP contribution in [0.3, 0.4) is 0 Å². The van der Waals surface area contributed by atoms with Gasteiger partial charge in [0.2, 0.25) is 5.88 Å². The average Bonchev–Trinajstić information content (AvgIpc) is 2.82. The molecule has 0 saturated heterocycles. The van der Waals surface area contributed by atoms with Gasteiger partial charge in [0, 0.05) is 25.2 Å². The normalized spacial score (nSPS) is 11.2. The van der Waals surface area contributed by atoms with Crippen molar-refractivity contribution in [2.24, 2.45) is 7.05 Å². The summed E-state index contributed by atoms with van der Waals surface area (Å²) in [5.41, 5.74) is -5.15. The van der Waals surface area contributed by atoms with E-state index in [2.05, 4.69) is 9.72 Å². The maximum Gasteiger partial charge on any atom is 0.431 e. The lowest BCUT2D eigenvalue weighted by Gasteiger charge is -2.16. The molecule has 36 heavy (non-hydrogen) atoms. The van der Waals surface area contributed by atoms with E-state index in [1.54, 1.807) is 0 Å². The summed E-state index contributed by atoms with van der Waals surface area (Å²) >= 11 is 6.05. The predicted octanol–water partition coefficient (Wildman–Crippen LogP) is 3.10. The highest BCUT2D eigenvalue weighted by Gasteiger charge is 2.35. The van der Waals surface area contributed by atoms with Crippen LogP contribution < -0.4 is 25.5 Å². The van der Waals surface area contributed by atoms with Crippen LogP contribution in [-0.4, -0.2) is 40.9 Å². The van der Waals surface area contributed by atoms with Crippen molar-refractivity contribution in [2.75, 3.05) is 20.8 Å². The number of pyridine rings is 1. The van der Waals surface area contributed by atoms with Crippen molar-refractivity contribution >= 4 is 17.6 Å². The molecule has 3 aromatic rings. The predicted molar refractivity (Wildman–Crippen MR) is 116 cm³/mol. The highest BCUT2D eigenvalue weighted by molar-refractivity contribution is 6.32. The molecule has 192 valence electrons. The highest BCUT2D eigenvalue weighted by Crippen LogP contribution is 2.37. The van der Waals surface area contributed by atoms with Gasteiger partial charge in [-0.05, 0) is 12.1 Å². The van der Waals surface area contributed by atoms with Crippen molar-refractivity contribution in [3.8, 4) is 28.9 Å². The third-order valence-corrected chi connectivity index (χ3v) is 4.93. The smallest absolute Gasteiger partial charge is 0.431 e. The number of aromatic nitrogens is 3. The fourth-order valence-electron chi connectivity index (χ4n) is 2.90. The van der Waals surface area contributed by atoms with Gasteiger partial charge in [-0.2, -0.15) is 18.2 Å². The van der Waals surface area contributed by atoms with E-state index >= 15 is 0 Å². The average molecular weight is 534 g/mol. The molecule has 3 rings (SSSR count). The van der Waals surface area contributed by atoms with E-state index in [4.69, 9.17) is 25.8 Å². The van der Waals surface area contributed by atoms with Crippen molar-refractivity contribution in [1.82, 2.24) is 14.1 Å². The van der Waals surface area contributed by atoms with Crippen LogP contribution in [0.15, 0.2) is 39.9 Å². The lowest BCUT2D eigenvalue weighted by molar-refractivity contribution is -0.144. The number of hydrogen-bond acceptors (Lipinski definition) is 8. The van der Waals surface area contributed by atoms with Gasteiger partial charge in [0.05, 0.1) is 24.9 Å². The molecule has 0 aliphatic rings. The quantitative estimate of drug-likeness (QED) is 0.336. The van der Waals surface area contributed by atoms with Gasteiger partial charge in [0.25, 0.3) is 11.4 Å². The summed E-state index contributed by atoms with van der Waals surface area (Å²) in [6.07, 6.45) is -5.00.